The summed E-state index contributed by atoms with van der Waals surface area (Å²) in [5.41, 5.74) is 2.10. The first-order valence-electron chi connectivity index (χ1n) is 21.7. The van der Waals surface area contributed by atoms with Crippen molar-refractivity contribution in [1.82, 2.24) is 0 Å². The van der Waals surface area contributed by atoms with Crippen LogP contribution in [-0.4, -0.2) is 75.9 Å². The van der Waals surface area contributed by atoms with Gasteiger partial charge >= 0.3 is 17.9 Å². The van der Waals surface area contributed by atoms with E-state index in [1.165, 1.54) is 14.2 Å². The first kappa shape index (κ1) is 60.1. The molecule has 4 aromatic carbocycles. The van der Waals surface area contributed by atoms with Crippen molar-refractivity contribution in [2.24, 2.45) is 11.3 Å². The van der Waals surface area contributed by atoms with Crippen molar-refractivity contribution >= 4 is 49.8 Å². The van der Waals surface area contributed by atoms with E-state index in [2.05, 4.69) is 31.9 Å². The van der Waals surface area contributed by atoms with E-state index in [9.17, 15) is 19.5 Å². The van der Waals surface area contributed by atoms with Gasteiger partial charge in [0.1, 0.15) is 11.5 Å². The van der Waals surface area contributed by atoms with Crippen LogP contribution in [0.25, 0.3) is 0 Å². The second-order valence-corrected chi connectivity index (χ2v) is 18.4. The van der Waals surface area contributed by atoms with E-state index in [-0.39, 0.29) is 52.1 Å². The average molecular weight is 1060 g/mol. The van der Waals surface area contributed by atoms with Gasteiger partial charge < -0.3 is 43.0 Å². The van der Waals surface area contributed by atoms with Gasteiger partial charge in [0.2, 0.25) is 0 Å². The summed E-state index contributed by atoms with van der Waals surface area (Å²) in [7, 11) is 5.73. The van der Waals surface area contributed by atoms with Gasteiger partial charge in [0.25, 0.3) is 0 Å². The topological polar surface area (TPSA) is 145 Å². The van der Waals surface area contributed by atoms with Gasteiger partial charge in [0, 0.05) is 8.95 Å². The summed E-state index contributed by atoms with van der Waals surface area (Å²) >= 11 is 7.15. The Bertz CT molecular complexity index is 2120. The van der Waals surface area contributed by atoms with E-state index in [0.717, 1.165) is 36.9 Å². The third-order valence-corrected chi connectivity index (χ3v) is 11.5. The molecule has 0 fully saturated rings. The van der Waals surface area contributed by atoms with Crippen LogP contribution in [0.4, 0.5) is 0 Å². The van der Waals surface area contributed by atoms with Crippen molar-refractivity contribution in [2.45, 2.75) is 133 Å². The number of hydrogen-bond acceptors (Lipinski definition) is 11. The number of carbonyl (C=O) groups excluding carboxylic acids is 2. The molecule has 12 nitrogen and oxygen atoms in total. The standard InChI is InChI=1S/C27H35BrO7.C24H31BrO5.2CH4/c1-17(2)34-21-10-8-19(9-11-21)16-27(25(29)32-6,26(30)33-7)13-12-20-14-24(35-18(3)4)23(31-5)15-22(20)28;1-15(2)29-20-10-6-17(7-11-20)12-19(24(26)27)9-8-18-13-23(30-16(3)4)22(28-5)14-21(18)25;;/h8-11,14-15,17-18H,12-13,16H2,1-7H3;6-7,10-11,13-16,19H,8-9,12H2,1-5H3,(H,26,27);2*1H4. The van der Waals surface area contributed by atoms with Crippen LogP contribution in [0.1, 0.15) is 105 Å². The predicted octanol–water partition coefficient (Wildman–Crippen LogP) is 12.7. The summed E-state index contributed by atoms with van der Waals surface area (Å²) in [4.78, 5) is 38.0. The molecule has 1 N–H and O–H groups in total. The third kappa shape index (κ3) is 18.6. The summed E-state index contributed by atoms with van der Waals surface area (Å²) in [5, 5.41) is 9.73. The number of aryl methyl sites for hydroxylation is 2. The molecular formula is C53H74Br2O12. The van der Waals surface area contributed by atoms with Crippen molar-refractivity contribution in [3.05, 3.63) is 104 Å². The Kier molecular flexibility index (Phi) is 26.0. The normalized spacial score (nSPS) is 11.4. The number of ether oxygens (including phenoxy) is 8. The minimum absolute atomic E-state index is 0. The Morgan fingerprint density at radius 2 is 0.940 bits per heavy atom. The van der Waals surface area contributed by atoms with Crippen molar-refractivity contribution in [3.8, 4) is 34.5 Å². The molecular weight excluding hydrogens is 988 g/mol. The second-order valence-electron chi connectivity index (χ2n) is 16.7. The highest BCUT2D eigenvalue weighted by atomic mass is 79.9. The molecule has 14 heteroatoms. The SMILES string of the molecule is C.C.COC(=O)C(CCc1cc(OC(C)C)c(OC)cc1Br)(Cc1ccc(OC(C)C)cc1)C(=O)OC.COc1cc(Br)c(CCC(Cc2ccc(OC(C)C)cc2)C(=O)O)cc1OC(C)C. The molecule has 0 aromatic heterocycles. The lowest BCUT2D eigenvalue weighted by molar-refractivity contribution is -0.169. The number of carbonyl (C=O) groups is 3. The fourth-order valence-corrected chi connectivity index (χ4v) is 8.06. The number of halogens is 2. The highest BCUT2D eigenvalue weighted by Crippen LogP contribution is 2.39. The van der Waals surface area contributed by atoms with E-state index < -0.39 is 29.2 Å². The second kappa shape index (κ2) is 29.1. The molecule has 0 heterocycles. The lowest BCUT2D eigenvalue weighted by Gasteiger charge is -2.29. The number of rotatable bonds is 23. The Hall–Kier alpha value is -4.95. The van der Waals surface area contributed by atoms with Gasteiger partial charge in [-0.15, -0.1) is 0 Å². The van der Waals surface area contributed by atoms with Crippen molar-refractivity contribution < 1.29 is 57.4 Å². The minimum atomic E-state index is -1.53. The Balaban J connectivity index is 0.000000658. The molecule has 0 spiro atoms. The van der Waals surface area contributed by atoms with Gasteiger partial charge in [-0.1, -0.05) is 71.0 Å². The Labute approximate surface area is 416 Å². The number of hydrogen-bond donors (Lipinski definition) is 1. The van der Waals surface area contributed by atoms with Crippen LogP contribution in [-0.2, 0) is 49.5 Å². The van der Waals surface area contributed by atoms with Crippen LogP contribution in [0.3, 0.4) is 0 Å². The molecule has 0 bridgehead atoms. The van der Waals surface area contributed by atoms with Crippen LogP contribution >= 0.6 is 31.9 Å². The fraction of sp³-hybridized carbons (Fsp3) is 0.491. The molecule has 0 aliphatic rings. The third-order valence-electron chi connectivity index (χ3n) is 10.1. The van der Waals surface area contributed by atoms with Crippen LogP contribution < -0.4 is 28.4 Å². The summed E-state index contributed by atoms with van der Waals surface area (Å²) in [6.07, 6.45) is 2.40. The van der Waals surface area contributed by atoms with E-state index in [0.29, 0.717) is 54.4 Å². The molecule has 1 atom stereocenters. The van der Waals surface area contributed by atoms with Gasteiger partial charge in [-0.25, -0.2) is 0 Å². The lowest BCUT2D eigenvalue weighted by atomic mass is 9.76. The lowest BCUT2D eigenvalue weighted by Crippen LogP contribution is -2.43. The maximum atomic E-state index is 13.1. The van der Waals surface area contributed by atoms with Crippen molar-refractivity contribution in [3.63, 3.8) is 0 Å². The summed E-state index contributed by atoms with van der Waals surface area (Å²) in [5.74, 6) is 1.44. The molecule has 0 amide bonds. The maximum Gasteiger partial charge on any atom is 0.323 e. The molecule has 0 aliphatic carbocycles. The van der Waals surface area contributed by atoms with Gasteiger partial charge in [0.05, 0.1) is 58.8 Å². The first-order chi connectivity index (χ1) is 30.7. The Morgan fingerprint density at radius 3 is 1.30 bits per heavy atom. The van der Waals surface area contributed by atoms with Crippen LogP contribution in [0.2, 0.25) is 0 Å². The maximum absolute atomic E-state index is 13.1. The Morgan fingerprint density at radius 1 is 0.552 bits per heavy atom. The average Bonchev–Trinajstić information content (AvgIpc) is 3.25. The monoisotopic (exact) mass is 1060 g/mol. The molecule has 0 saturated heterocycles. The number of carboxylic acid groups (broad SMARTS) is 1. The number of benzene rings is 4. The smallest absolute Gasteiger partial charge is 0.323 e. The highest BCUT2D eigenvalue weighted by molar-refractivity contribution is 9.10. The number of esters is 2. The largest absolute Gasteiger partial charge is 0.493 e. The fourth-order valence-electron chi connectivity index (χ4n) is 7.02. The summed E-state index contributed by atoms with van der Waals surface area (Å²) in [6.45, 7) is 15.6. The van der Waals surface area contributed by atoms with E-state index >= 15 is 0 Å². The van der Waals surface area contributed by atoms with Crippen molar-refractivity contribution in [1.29, 1.82) is 0 Å². The minimum Gasteiger partial charge on any atom is -0.493 e. The predicted molar refractivity (Wildman–Crippen MR) is 272 cm³/mol. The zero-order valence-corrected chi connectivity index (χ0v) is 42.9. The molecule has 0 radical (unpaired) electrons. The van der Waals surface area contributed by atoms with Crippen LogP contribution in [0.15, 0.2) is 81.7 Å². The van der Waals surface area contributed by atoms with Gasteiger partial charge in [-0.3, -0.25) is 14.4 Å². The van der Waals surface area contributed by atoms with E-state index in [1.807, 2.05) is 128 Å². The summed E-state index contributed by atoms with van der Waals surface area (Å²) in [6, 6.07) is 22.5. The van der Waals surface area contributed by atoms with Crippen molar-refractivity contribution in [2.75, 3.05) is 28.4 Å². The number of aliphatic carboxylic acids is 1. The zero-order valence-electron chi connectivity index (χ0n) is 39.8. The van der Waals surface area contributed by atoms with Gasteiger partial charge in [-0.05, 0) is 165 Å². The van der Waals surface area contributed by atoms with Crippen LogP contribution in [0.5, 0.6) is 34.5 Å². The van der Waals surface area contributed by atoms with Gasteiger partial charge in [-0.2, -0.15) is 0 Å². The first-order valence-corrected chi connectivity index (χ1v) is 23.3. The molecule has 0 saturated carbocycles. The molecule has 67 heavy (non-hydrogen) atoms. The van der Waals surface area contributed by atoms with Crippen LogP contribution in [0, 0.1) is 11.3 Å². The molecule has 372 valence electrons. The highest BCUT2D eigenvalue weighted by Gasteiger charge is 2.48. The molecule has 4 rings (SSSR count). The molecule has 0 aliphatic heterocycles. The van der Waals surface area contributed by atoms with E-state index in [4.69, 9.17) is 37.9 Å². The molecule has 4 aromatic rings. The zero-order chi connectivity index (χ0) is 48.4. The summed E-state index contributed by atoms with van der Waals surface area (Å²) < 4.78 is 45.8. The molecule has 1 unspecified atom stereocenters. The number of carboxylic acids is 1. The van der Waals surface area contributed by atoms with Gasteiger partial charge in [0.15, 0.2) is 28.4 Å². The quantitative estimate of drug-likeness (QED) is 0.0557. The number of methoxy groups -OCH3 is 4. The van der Waals surface area contributed by atoms with E-state index in [1.54, 1.807) is 14.2 Å².